The molecular formula is C20H17F4N7O3S. The van der Waals surface area contributed by atoms with Gasteiger partial charge in [-0.05, 0) is 46.8 Å². The molecule has 1 aliphatic rings. The van der Waals surface area contributed by atoms with Gasteiger partial charge in [0, 0.05) is 42.7 Å². The average molecular weight is 511 g/mol. The number of aromatic nitrogens is 4. The van der Waals surface area contributed by atoms with E-state index < -0.39 is 46.3 Å². The van der Waals surface area contributed by atoms with Crippen molar-refractivity contribution < 1.29 is 27.3 Å². The van der Waals surface area contributed by atoms with Crippen LogP contribution in [0.3, 0.4) is 0 Å². The first-order valence-electron chi connectivity index (χ1n) is 10.2. The van der Waals surface area contributed by atoms with Gasteiger partial charge < -0.3 is 10.2 Å². The summed E-state index contributed by atoms with van der Waals surface area (Å²) in [7, 11) is 1.54. The number of halogens is 4. The van der Waals surface area contributed by atoms with Gasteiger partial charge in [0.25, 0.3) is 17.5 Å². The van der Waals surface area contributed by atoms with Crippen LogP contribution in [-0.4, -0.2) is 50.0 Å². The van der Waals surface area contributed by atoms with Gasteiger partial charge in [-0.1, -0.05) is 0 Å². The van der Waals surface area contributed by atoms with Crippen molar-refractivity contribution in [3.63, 3.8) is 0 Å². The fourth-order valence-electron chi connectivity index (χ4n) is 3.53. The summed E-state index contributed by atoms with van der Waals surface area (Å²) in [6.45, 7) is -0.478. The fourth-order valence-corrected chi connectivity index (χ4v) is 4.37. The predicted molar refractivity (Wildman–Crippen MR) is 117 cm³/mol. The third-order valence-corrected chi connectivity index (χ3v) is 6.33. The molecule has 15 heteroatoms. The van der Waals surface area contributed by atoms with Crippen LogP contribution in [0.1, 0.15) is 23.2 Å². The van der Waals surface area contributed by atoms with Crippen molar-refractivity contribution in [1.29, 1.82) is 0 Å². The van der Waals surface area contributed by atoms with E-state index in [1.165, 1.54) is 22.7 Å². The molecule has 1 aromatic heterocycles. The SMILES string of the molecule is Cn1nnnc1Sc1ccc([N+](=O)[O-])cc1C(=O)Nc1c(F)cc(N2CCCC(F)(F)C2)cc1F. The average Bonchev–Trinajstić information content (AvgIpc) is 3.19. The number of amides is 1. The Morgan fingerprint density at radius 1 is 1.23 bits per heavy atom. The molecule has 0 atom stereocenters. The van der Waals surface area contributed by atoms with Crippen LogP contribution in [0.4, 0.5) is 34.6 Å². The van der Waals surface area contributed by atoms with Crippen molar-refractivity contribution in [1.82, 2.24) is 20.2 Å². The van der Waals surface area contributed by atoms with Crippen LogP contribution >= 0.6 is 11.8 Å². The number of rotatable bonds is 6. The van der Waals surface area contributed by atoms with Crippen molar-refractivity contribution in [2.24, 2.45) is 7.05 Å². The summed E-state index contributed by atoms with van der Waals surface area (Å²) in [5.41, 5.74) is -1.56. The van der Waals surface area contributed by atoms with Gasteiger partial charge in [-0.15, -0.1) is 5.10 Å². The van der Waals surface area contributed by atoms with Gasteiger partial charge in [0.2, 0.25) is 5.16 Å². The Morgan fingerprint density at radius 2 is 1.94 bits per heavy atom. The number of tetrazole rings is 1. The van der Waals surface area contributed by atoms with E-state index in [1.54, 1.807) is 0 Å². The Morgan fingerprint density at radius 3 is 2.54 bits per heavy atom. The van der Waals surface area contributed by atoms with Crippen LogP contribution in [0.2, 0.25) is 0 Å². The maximum atomic E-state index is 14.8. The zero-order valence-electron chi connectivity index (χ0n) is 18.0. The van der Waals surface area contributed by atoms with Crippen molar-refractivity contribution in [2.45, 2.75) is 28.8 Å². The molecule has 0 bridgehead atoms. The topological polar surface area (TPSA) is 119 Å². The molecule has 10 nitrogen and oxygen atoms in total. The van der Waals surface area contributed by atoms with Gasteiger partial charge in [-0.25, -0.2) is 22.2 Å². The van der Waals surface area contributed by atoms with Gasteiger partial charge in [0.15, 0.2) is 11.6 Å². The predicted octanol–water partition coefficient (Wildman–Crippen LogP) is 4.04. The molecule has 3 aromatic rings. The van der Waals surface area contributed by atoms with E-state index in [9.17, 15) is 32.5 Å². The maximum Gasteiger partial charge on any atom is 0.270 e. The number of non-ortho nitro benzene ring substituents is 1. The van der Waals surface area contributed by atoms with E-state index in [2.05, 4.69) is 20.8 Å². The smallest absolute Gasteiger partial charge is 0.270 e. The standard InChI is InChI=1S/C20H17F4N7O3S/c1-29-19(26-27-28-29)35-16-4-3-11(31(33)34)7-13(16)18(32)25-17-14(21)8-12(9-15(17)22)30-6-2-5-20(23,24)10-30/h3-4,7-9H,2,5-6,10H2,1H3,(H,25,32). The number of hydrogen-bond acceptors (Lipinski definition) is 8. The first-order chi connectivity index (χ1) is 16.5. The lowest BCUT2D eigenvalue weighted by Gasteiger charge is -2.34. The molecule has 1 aliphatic heterocycles. The fraction of sp³-hybridized carbons (Fsp3) is 0.300. The molecule has 4 rings (SSSR count). The molecule has 184 valence electrons. The van der Waals surface area contributed by atoms with Gasteiger partial charge in [0.05, 0.1) is 17.0 Å². The number of aryl methyl sites for hydroxylation is 1. The lowest BCUT2D eigenvalue weighted by Crippen LogP contribution is -2.42. The molecule has 1 N–H and O–H groups in total. The second-order valence-electron chi connectivity index (χ2n) is 7.74. The summed E-state index contributed by atoms with van der Waals surface area (Å²) in [5.74, 6) is -6.37. The second kappa shape index (κ2) is 9.48. The number of hydrogen-bond donors (Lipinski definition) is 1. The van der Waals surface area contributed by atoms with E-state index in [4.69, 9.17) is 0 Å². The van der Waals surface area contributed by atoms with E-state index in [0.717, 1.165) is 36.0 Å². The van der Waals surface area contributed by atoms with Gasteiger partial charge in [0.1, 0.15) is 5.69 Å². The van der Waals surface area contributed by atoms with E-state index in [-0.39, 0.29) is 40.7 Å². The van der Waals surface area contributed by atoms with Crippen LogP contribution in [0.25, 0.3) is 0 Å². The Bertz CT molecular complexity index is 1280. The van der Waals surface area contributed by atoms with Crippen molar-refractivity contribution in [3.05, 3.63) is 57.6 Å². The summed E-state index contributed by atoms with van der Waals surface area (Å²) in [5, 5.41) is 24.5. The Kier molecular flexibility index (Phi) is 6.60. The number of nitrogens with zero attached hydrogens (tertiary/aromatic N) is 6. The number of nitro benzene ring substituents is 1. The van der Waals surface area contributed by atoms with E-state index in [0.29, 0.717) is 0 Å². The molecule has 0 unspecified atom stereocenters. The molecule has 1 fully saturated rings. The first-order valence-corrected chi connectivity index (χ1v) is 11.0. The minimum Gasteiger partial charge on any atom is -0.365 e. The molecule has 0 saturated carbocycles. The van der Waals surface area contributed by atoms with Crippen LogP contribution < -0.4 is 10.2 Å². The molecular weight excluding hydrogens is 494 g/mol. The molecule has 0 aliphatic carbocycles. The molecule has 35 heavy (non-hydrogen) atoms. The number of anilines is 2. The van der Waals surface area contributed by atoms with E-state index in [1.807, 2.05) is 0 Å². The molecule has 2 aromatic carbocycles. The Labute approximate surface area is 199 Å². The molecule has 0 spiro atoms. The number of nitrogens with one attached hydrogen (secondary N) is 1. The van der Waals surface area contributed by atoms with Crippen molar-refractivity contribution >= 4 is 34.7 Å². The van der Waals surface area contributed by atoms with Crippen LogP contribution in [0.15, 0.2) is 40.4 Å². The molecule has 1 amide bonds. The summed E-state index contributed by atoms with van der Waals surface area (Å²) in [4.78, 5) is 24.8. The Hall–Kier alpha value is -3.75. The second-order valence-corrected chi connectivity index (χ2v) is 8.75. The molecule has 0 radical (unpaired) electrons. The Balaban J connectivity index is 1.63. The summed E-state index contributed by atoms with van der Waals surface area (Å²) >= 11 is 0.914. The highest BCUT2D eigenvalue weighted by Gasteiger charge is 2.35. The molecule has 2 heterocycles. The largest absolute Gasteiger partial charge is 0.365 e. The maximum absolute atomic E-state index is 14.8. The summed E-state index contributed by atoms with van der Waals surface area (Å²) in [6.07, 6.45) is -0.153. The third-order valence-electron chi connectivity index (χ3n) is 5.22. The highest BCUT2D eigenvalue weighted by molar-refractivity contribution is 7.99. The zero-order valence-corrected chi connectivity index (χ0v) is 18.9. The zero-order chi connectivity index (χ0) is 25.3. The van der Waals surface area contributed by atoms with Gasteiger partial charge in [-0.3, -0.25) is 14.9 Å². The van der Waals surface area contributed by atoms with Crippen LogP contribution in [0.5, 0.6) is 0 Å². The number of benzene rings is 2. The van der Waals surface area contributed by atoms with E-state index >= 15 is 0 Å². The van der Waals surface area contributed by atoms with Crippen LogP contribution in [0, 0.1) is 21.7 Å². The lowest BCUT2D eigenvalue weighted by atomic mass is 10.1. The van der Waals surface area contributed by atoms with Gasteiger partial charge in [-0.2, -0.15) is 0 Å². The number of piperidine rings is 1. The highest BCUT2D eigenvalue weighted by atomic mass is 32.2. The number of alkyl halides is 2. The third kappa shape index (κ3) is 5.34. The first kappa shape index (κ1) is 24.4. The highest BCUT2D eigenvalue weighted by Crippen LogP contribution is 2.34. The number of carbonyl (C=O) groups excluding carboxylic acids is 1. The van der Waals surface area contributed by atoms with Crippen LogP contribution in [-0.2, 0) is 7.05 Å². The minimum absolute atomic E-state index is 0.0845. The van der Waals surface area contributed by atoms with Gasteiger partial charge >= 0.3 is 0 Å². The number of nitro groups is 1. The monoisotopic (exact) mass is 511 g/mol. The van der Waals surface area contributed by atoms with Crippen molar-refractivity contribution in [2.75, 3.05) is 23.3 Å². The quantitative estimate of drug-likeness (QED) is 0.299. The number of carbonyl (C=O) groups is 1. The summed E-state index contributed by atoms with van der Waals surface area (Å²) < 4.78 is 58.3. The molecule has 1 saturated heterocycles. The lowest BCUT2D eigenvalue weighted by molar-refractivity contribution is -0.384. The normalized spacial score (nSPS) is 15.2. The minimum atomic E-state index is -2.98. The van der Waals surface area contributed by atoms with Crippen molar-refractivity contribution in [3.8, 4) is 0 Å². The summed E-state index contributed by atoms with van der Waals surface area (Å²) in [6, 6.07) is 5.12.